The third-order valence-electron chi connectivity index (χ3n) is 4.98. The van der Waals surface area contributed by atoms with Crippen LogP contribution in [0.5, 0.6) is 0 Å². The van der Waals surface area contributed by atoms with Crippen LogP contribution >= 0.6 is 0 Å². The lowest BCUT2D eigenvalue weighted by molar-refractivity contribution is -0.143. The Kier molecular flexibility index (Phi) is 6.29. The fourth-order valence-corrected chi connectivity index (χ4v) is 3.57. The van der Waals surface area contributed by atoms with Gasteiger partial charge in [0.2, 0.25) is 5.91 Å². The highest BCUT2D eigenvalue weighted by molar-refractivity contribution is 5.96. The van der Waals surface area contributed by atoms with Crippen molar-refractivity contribution in [3.63, 3.8) is 0 Å². The second kappa shape index (κ2) is 8.73. The summed E-state index contributed by atoms with van der Waals surface area (Å²) in [6.45, 7) is 4.81. The van der Waals surface area contributed by atoms with Crippen molar-refractivity contribution in [3.8, 4) is 0 Å². The van der Waals surface area contributed by atoms with E-state index in [0.29, 0.717) is 11.3 Å². The molecule has 0 N–H and O–H groups in total. The molecule has 4 nitrogen and oxygen atoms in total. The van der Waals surface area contributed by atoms with Crippen molar-refractivity contribution in [1.82, 2.24) is 4.90 Å². The van der Waals surface area contributed by atoms with Crippen molar-refractivity contribution in [2.45, 2.75) is 45.8 Å². The molecule has 0 bridgehead atoms. The van der Waals surface area contributed by atoms with E-state index in [1.807, 2.05) is 0 Å². The number of halogens is 3. The van der Waals surface area contributed by atoms with E-state index in [-0.39, 0.29) is 30.0 Å². The summed E-state index contributed by atoms with van der Waals surface area (Å²) in [6, 6.07) is 8.82. The number of rotatable bonds is 5. The molecule has 1 amide bonds. The second-order valence-corrected chi connectivity index (χ2v) is 7.48. The molecule has 0 spiro atoms. The Balaban J connectivity index is 2.05. The van der Waals surface area contributed by atoms with E-state index in [2.05, 4.69) is 0 Å². The molecule has 0 aliphatic carbocycles. The van der Waals surface area contributed by atoms with Crippen molar-refractivity contribution >= 4 is 11.9 Å². The molecule has 1 atom stereocenters. The number of ether oxygens (including phenoxy) is 1. The molecule has 0 saturated carbocycles. The van der Waals surface area contributed by atoms with Gasteiger partial charge in [-0.3, -0.25) is 4.79 Å². The van der Waals surface area contributed by atoms with E-state index >= 15 is 0 Å². The average Bonchev–Trinajstić information content (AvgIpc) is 2.65. The van der Waals surface area contributed by atoms with E-state index < -0.39 is 35.4 Å². The van der Waals surface area contributed by atoms with Crippen molar-refractivity contribution in [1.29, 1.82) is 0 Å². The van der Waals surface area contributed by atoms with Crippen LogP contribution in [0.4, 0.5) is 13.2 Å². The lowest BCUT2D eigenvalue weighted by Crippen LogP contribution is -2.38. The third kappa shape index (κ3) is 4.56. The Bertz CT molecular complexity index is 1020. The van der Waals surface area contributed by atoms with Gasteiger partial charge in [-0.2, -0.15) is 0 Å². The zero-order valence-electron chi connectivity index (χ0n) is 16.9. The lowest BCUT2D eigenvalue weighted by Gasteiger charge is -2.35. The van der Waals surface area contributed by atoms with Crippen molar-refractivity contribution in [2.75, 3.05) is 0 Å². The summed E-state index contributed by atoms with van der Waals surface area (Å²) in [6.07, 6.45) is -0.502. The molecule has 2 aromatic rings. The number of carbonyl (C=O) groups excluding carboxylic acids is 2. The van der Waals surface area contributed by atoms with Gasteiger partial charge >= 0.3 is 5.97 Å². The van der Waals surface area contributed by atoms with Crippen LogP contribution in [0, 0.1) is 17.5 Å². The van der Waals surface area contributed by atoms with Crippen molar-refractivity contribution < 1.29 is 27.5 Å². The first kappa shape index (κ1) is 21.6. The minimum Gasteiger partial charge on any atom is -0.460 e. The monoisotopic (exact) mass is 417 g/mol. The Morgan fingerprint density at radius 1 is 1.13 bits per heavy atom. The second-order valence-electron chi connectivity index (χ2n) is 7.48. The maximum absolute atomic E-state index is 14.1. The van der Waals surface area contributed by atoms with Crippen LogP contribution in [0.3, 0.4) is 0 Å². The maximum Gasteiger partial charge on any atom is 0.336 e. The zero-order valence-corrected chi connectivity index (χ0v) is 16.9. The van der Waals surface area contributed by atoms with Crippen molar-refractivity contribution in [2.24, 2.45) is 0 Å². The number of benzene rings is 2. The molecule has 30 heavy (non-hydrogen) atoms. The van der Waals surface area contributed by atoms with Crippen LogP contribution in [0.2, 0.25) is 0 Å². The summed E-state index contributed by atoms with van der Waals surface area (Å²) in [7, 11) is 0. The molecule has 0 fully saturated rings. The maximum atomic E-state index is 14.1. The Morgan fingerprint density at radius 2 is 1.83 bits per heavy atom. The summed E-state index contributed by atoms with van der Waals surface area (Å²) in [4.78, 5) is 27.0. The molecule has 0 saturated heterocycles. The first-order chi connectivity index (χ1) is 14.2. The molecule has 158 valence electrons. The van der Waals surface area contributed by atoms with Gasteiger partial charge in [0.25, 0.3) is 0 Å². The van der Waals surface area contributed by atoms with E-state index in [9.17, 15) is 22.8 Å². The normalized spacial score (nSPS) is 17.0. The first-order valence-corrected chi connectivity index (χ1v) is 9.59. The lowest BCUT2D eigenvalue weighted by atomic mass is 9.83. The van der Waals surface area contributed by atoms with Crippen LogP contribution in [-0.4, -0.2) is 22.9 Å². The predicted octanol–water partition coefficient (Wildman–Crippen LogP) is 4.85. The topological polar surface area (TPSA) is 46.6 Å². The highest BCUT2D eigenvalue weighted by Crippen LogP contribution is 2.38. The van der Waals surface area contributed by atoms with Crippen LogP contribution in [0.25, 0.3) is 0 Å². The van der Waals surface area contributed by atoms with Gasteiger partial charge in [0.05, 0.1) is 18.2 Å². The minimum absolute atomic E-state index is 0.105. The summed E-state index contributed by atoms with van der Waals surface area (Å²) >= 11 is 0. The standard InChI is InChI=1S/C23H22F3NO3/c1-13(2)30-23(29)22-14(3)27(12-16-7-8-18(25)10-20(16)26)21(28)11-19(22)15-5-4-6-17(24)9-15/h4-10,13,19H,11-12H2,1-3H3/t19-/m0/s1. The van der Waals surface area contributed by atoms with Gasteiger partial charge in [-0.25, -0.2) is 18.0 Å². The van der Waals surface area contributed by atoms with Crippen molar-refractivity contribution in [3.05, 3.63) is 82.3 Å². The van der Waals surface area contributed by atoms with E-state index in [1.54, 1.807) is 26.8 Å². The fraction of sp³-hybridized carbons (Fsp3) is 0.304. The number of carbonyl (C=O) groups is 2. The van der Waals surface area contributed by atoms with Crippen LogP contribution in [-0.2, 0) is 20.9 Å². The molecule has 0 radical (unpaired) electrons. The summed E-state index contributed by atoms with van der Waals surface area (Å²) < 4.78 is 46.5. The Morgan fingerprint density at radius 3 is 2.47 bits per heavy atom. The molecule has 3 rings (SSSR count). The molecule has 1 aliphatic heterocycles. The SMILES string of the molecule is CC1=C(C(=O)OC(C)C)[C@H](c2cccc(F)c2)CC(=O)N1Cc1ccc(F)cc1F. The van der Waals surface area contributed by atoms with Gasteiger partial charge in [-0.1, -0.05) is 18.2 Å². The average molecular weight is 417 g/mol. The number of nitrogens with zero attached hydrogens (tertiary/aromatic N) is 1. The summed E-state index contributed by atoms with van der Waals surface area (Å²) in [5.74, 6) is -3.64. The minimum atomic E-state index is -0.783. The molecular formula is C23H22F3NO3. The van der Waals surface area contributed by atoms with E-state index in [1.165, 1.54) is 29.2 Å². The molecule has 1 aliphatic rings. The van der Waals surface area contributed by atoms with Gasteiger partial charge in [0.1, 0.15) is 17.5 Å². The summed E-state index contributed by atoms with van der Waals surface area (Å²) in [5.41, 5.74) is 1.11. The summed E-state index contributed by atoms with van der Waals surface area (Å²) in [5, 5.41) is 0. The molecule has 1 heterocycles. The van der Waals surface area contributed by atoms with E-state index in [0.717, 1.165) is 12.1 Å². The Hall–Kier alpha value is -3.09. The van der Waals surface area contributed by atoms with Crippen LogP contribution in [0.1, 0.15) is 44.2 Å². The quantitative estimate of drug-likeness (QED) is 0.654. The Labute approximate surface area is 173 Å². The smallest absolute Gasteiger partial charge is 0.336 e. The van der Waals surface area contributed by atoms with Crippen LogP contribution in [0.15, 0.2) is 53.7 Å². The van der Waals surface area contributed by atoms with Gasteiger partial charge in [0, 0.05) is 29.7 Å². The van der Waals surface area contributed by atoms with Gasteiger partial charge < -0.3 is 9.64 Å². The molecule has 0 unspecified atom stereocenters. The first-order valence-electron chi connectivity index (χ1n) is 9.59. The zero-order chi connectivity index (χ0) is 22.0. The van der Waals surface area contributed by atoms with Gasteiger partial charge in [-0.05, 0) is 44.5 Å². The number of esters is 1. The van der Waals surface area contributed by atoms with Gasteiger partial charge in [0.15, 0.2) is 0 Å². The van der Waals surface area contributed by atoms with E-state index in [4.69, 9.17) is 4.74 Å². The number of hydrogen-bond acceptors (Lipinski definition) is 3. The van der Waals surface area contributed by atoms with Crippen LogP contribution < -0.4 is 0 Å². The molecule has 2 aromatic carbocycles. The number of hydrogen-bond donors (Lipinski definition) is 0. The van der Waals surface area contributed by atoms with Gasteiger partial charge in [-0.15, -0.1) is 0 Å². The largest absolute Gasteiger partial charge is 0.460 e. The highest BCUT2D eigenvalue weighted by atomic mass is 19.1. The molecule has 7 heteroatoms. The molecular weight excluding hydrogens is 395 g/mol. The predicted molar refractivity (Wildman–Crippen MR) is 105 cm³/mol. The highest BCUT2D eigenvalue weighted by Gasteiger charge is 2.37. The number of amides is 1. The number of allylic oxidation sites excluding steroid dienone is 1. The molecule has 0 aromatic heterocycles. The third-order valence-corrected chi connectivity index (χ3v) is 4.98. The fourth-order valence-electron chi connectivity index (χ4n) is 3.57.